The van der Waals surface area contributed by atoms with Crippen molar-refractivity contribution in [1.82, 2.24) is 10.3 Å². The van der Waals surface area contributed by atoms with Gasteiger partial charge in [-0.25, -0.2) is 4.39 Å². The van der Waals surface area contributed by atoms with Crippen LogP contribution in [-0.2, 0) is 13.0 Å². The van der Waals surface area contributed by atoms with Gasteiger partial charge in [-0.05, 0) is 61.2 Å². The molecule has 178 valence electrons. The number of halogens is 2. The second-order valence-electron chi connectivity index (χ2n) is 8.83. The number of pyridine rings is 1. The molecule has 0 amide bonds. The minimum absolute atomic E-state index is 0. The topological polar surface area (TPSA) is 46.2 Å². The summed E-state index contributed by atoms with van der Waals surface area (Å²) in [5, 5.41) is 8.11. The standard InChI is InChI=1S/C27H34FN3O.ClH/c1-32-27-11-9-23(28)18-22(27)19-29-13-5-14-30-25-12-15-31-26-17-21(8-10-24(25)26)16-20-6-3-2-4-7-20;/h8-12,15,17-18,20,29H,2-7,13-14,16,19H2,1H3,(H,30,31);1H. The molecule has 4 nitrogen and oxygen atoms in total. The van der Waals surface area contributed by atoms with Gasteiger partial charge >= 0.3 is 0 Å². The van der Waals surface area contributed by atoms with E-state index < -0.39 is 0 Å². The number of fused-ring (bicyclic) bond motifs is 1. The SMILES string of the molecule is COc1ccc(F)cc1CNCCCNc1ccnc2cc(CC3CCCCC3)ccc12.Cl. The van der Waals surface area contributed by atoms with Crippen molar-refractivity contribution in [2.45, 2.75) is 51.5 Å². The monoisotopic (exact) mass is 471 g/mol. The van der Waals surface area contributed by atoms with Crippen molar-refractivity contribution in [2.75, 3.05) is 25.5 Å². The summed E-state index contributed by atoms with van der Waals surface area (Å²) in [5.74, 6) is 1.31. The molecule has 1 aromatic heterocycles. The quantitative estimate of drug-likeness (QED) is 0.330. The molecule has 2 aromatic carbocycles. The lowest BCUT2D eigenvalue weighted by Gasteiger charge is -2.21. The van der Waals surface area contributed by atoms with Gasteiger partial charge in [0.05, 0.1) is 12.6 Å². The predicted molar refractivity (Wildman–Crippen MR) is 137 cm³/mol. The van der Waals surface area contributed by atoms with Gasteiger partial charge in [0.1, 0.15) is 11.6 Å². The molecule has 1 heterocycles. The van der Waals surface area contributed by atoms with E-state index >= 15 is 0 Å². The lowest BCUT2D eigenvalue weighted by Crippen LogP contribution is -2.18. The second-order valence-corrected chi connectivity index (χ2v) is 8.83. The molecule has 1 aliphatic carbocycles. The molecule has 4 rings (SSSR count). The summed E-state index contributed by atoms with van der Waals surface area (Å²) in [6.07, 6.45) is 10.9. The summed E-state index contributed by atoms with van der Waals surface area (Å²) in [4.78, 5) is 4.62. The summed E-state index contributed by atoms with van der Waals surface area (Å²) in [5.41, 5.74) is 4.45. The van der Waals surface area contributed by atoms with Crippen LogP contribution in [-0.4, -0.2) is 25.2 Å². The first kappa shape index (κ1) is 25.3. The Hall–Kier alpha value is -2.37. The number of ether oxygens (including phenoxy) is 1. The zero-order valence-electron chi connectivity index (χ0n) is 19.4. The Balaban J connectivity index is 0.00000306. The van der Waals surface area contributed by atoms with Gasteiger partial charge in [0.25, 0.3) is 0 Å². The third-order valence-electron chi connectivity index (χ3n) is 6.46. The first-order valence-electron chi connectivity index (χ1n) is 11.9. The molecule has 3 aromatic rings. The lowest BCUT2D eigenvalue weighted by molar-refractivity contribution is 0.357. The minimum Gasteiger partial charge on any atom is -0.496 e. The van der Waals surface area contributed by atoms with E-state index in [0.29, 0.717) is 12.3 Å². The number of methoxy groups -OCH3 is 1. The summed E-state index contributed by atoms with van der Waals surface area (Å²) < 4.78 is 18.8. The third kappa shape index (κ3) is 7.05. The summed E-state index contributed by atoms with van der Waals surface area (Å²) in [6.45, 7) is 2.28. The van der Waals surface area contributed by atoms with Crippen LogP contribution >= 0.6 is 12.4 Å². The van der Waals surface area contributed by atoms with Gasteiger partial charge in [0.2, 0.25) is 0 Å². The third-order valence-corrected chi connectivity index (χ3v) is 6.46. The highest BCUT2D eigenvalue weighted by molar-refractivity contribution is 5.91. The van der Waals surface area contributed by atoms with Crippen molar-refractivity contribution in [1.29, 1.82) is 0 Å². The van der Waals surface area contributed by atoms with Gasteiger partial charge in [0, 0.05) is 35.9 Å². The smallest absolute Gasteiger partial charge is 0.123 e. The van der Waals surface area contributed by atoms with Gasteiger partial charge in [-0.1, -0.05) is 44.2 Å². The molecule has 0 aliphatic heterocycles. The van der Waals surface area contributed by atoms with Crippen LogP contribution in [0.25, 0.3) is 10.9 Å². The molecule has 0 radical (unpaired) electrons. The Kier molecular flexibility index (Phi) is 9.76. The Labute approximate surface area is 202 Å². The van der Waals surface area contributed by atoms with Crippen molar-refractivity contribution in [3.05, 3.63) is 65.6 Å². The number of nitrogens with one attached hydrogen (secondary N) is 2. The number of hydrogen-bond donors (Lipinski definition) is 2. The molecule has 0 saturated heterocycles. The molecule has 1 fully saturated rings. The van der Waals surface area contributed by atoms with Gasteiger partial charge in [-0.2, -0.15) is 0 Å². The van der Waals surface area contributed by atoms with Crippen molar-refractivity contribution in [3.8, 4) is 5.75 Å². The summed E-state index contributed by atoms with van der Waals surface area (Å²) in [6, 6.07) is 13.4. The number of anilines is 1. The molecular weight excluding hydrogens is 437 g/mol. The van der Waals surface area contributed by atoms with Crippen molar-refractivity contribution in [2.24, 2.45) is 5.92 Å². The average Bonchev–Trinajstić information content (AvgIpc) is 2.82. The summed E-state index contributed by atoms with van der Waals surface area (Å²) >= 11 is 0. The van der Waals surface area contributed by atoms with Crippen LogP contribution in [0.15, 0.2) is 48.7 Å². The number of nitrogens with zero attached hydrogens (tertiary/aromatic N) is 1. The number of benzene rings is 2. The molecule has 0 atom stereocenters. The Morgan fingerprint density at radius 2 is 1.88 bits per heavy atom. The minimum atomic E-state index is -0.240. The van der Waals surface area contributed by atoms with Crippen LogP contribution in [0.2, 0.25) is 0 Å². The maximum Gasteiger partial charge on any atom is 0.123 e. The van der Waals surface area contributed by atoms with E-state index in [-0.39, 0.29) is 18.2 Å². The highest BCUT2D eigenvalue weighted by Gasteiger charge is 2.14. The molecule has 1 aliphatic rings. The van der Waals surface area contributed by atoms with Crippen LogP contribution < -0.4 is 15.4 Å². The van der Waals surface area contributed by atoms with E-state index in [0.717, 1.165) is 42.2 Å². The van der Waals surface area contributed by atoms with Crippen LogP contribution in [0.1, 0.15) is 49.7 Å². The van der Waals surface area contributed by atoms with Gasteiger partial charge in [-0.15, -0.1) is 12.4 Å². The Morgan fingerprint density at radius 3 is 2.70 bits per heavy atom. The van der Waals surface area contributed by atoms with Gasteiger partial charge in [-0.3, -0.25) is 4.98 Å². The van der Waals surface area contributed by atoms with E-state index in [4.69, 9.17) is 4.74 Å². The first-order chi connectivity index (χ1) is 15.7. The average molecular weight is 472 g/mol. The van der Waals surface area contributed by atoms with Crippen LogP contribution in [0.4, 0.5) is 10.1 Å². The normalized spacial score (nSPS) is 14.1. The molecule has 0 bridgehead atoms. The largest absolute Gasteiger partial charge is 0.496 e. The maximum absolute atomic E-state index is 13.5. The molecule has 0 spiro atoms. The molecule has 0 unspecified atom stereocenters. The fourth-order valence-electron chi connectivity index (χ4n) is 4.74. The van der Waals surface area contributed by atoms with Crippen LogP contribution in [0.3, 0.4) is 0 Å². The van der Waals surface area contributed by atoms with E-state index in [1.54, 1.807) is 13.2 Å². The summed E-state index contributed by atoms with van der Waals surface area (Å²) in [7, 11) is 1.61. The zero-order chi connectivity index (χ0) is 22.2. The maximum atomic E-state index is 13.5. The first-order valence-corrected chi connectivity index (χ1v) is 11.9. The van der Waals surface area contributed by atoms with Gasteiger partial charge in [0.15, 0.2) is 0 Å². The van der Waals surface area contributed by atoms with E-state index in [9.17, 15) is 4.39 Å². The Morgan fingerprint density at radius 1 is 1.03 bits per heavy atom. The second kappa shape index (κ2) is 12.8. The Bertz CT molecular complexity index is 1020. The van der Waals surface area contributed by atoms with Gasteiger partial charge < -0.3 is 15.4 Å². The fourth-order valence-corrected chi connectivity index (χ4v) is 4.74. The van der Waals surface area contributed by atoms with Crippen LogP contribution in [0.5, 0.6) is 5.75 Å². The van der Waals surface area contributed by atoms with E-state index in [1.807, 2.05) is 12.3 Å². The number of hydrogen-bond acceptors (Lipinski definition) is 4. The number of aromatic nitrogens is 1. The zero-order valence-corrected chi connectivity index (χ0v) is 20.2. The fraction of sp³-hybridized carbons (Fsp3) is 0.444. The molecule has 2 N–H and O–H groups in total. The molecular formula is C27H35ClFN3O. The highest BCUT2D eigenvalue weighted by atomic mass is 35.5. The lowest BCUT2D eigenvalue weighted by atomic mass is 9.85. The molecule has 33 heavy (non-hydrogen) atoms. The van der Waals surface area contributed by atoms with Crippen molar-refractivity contribution in [3.63, 3.8) is 0 Å². The molecule has 6 heteroatoms. The van der Waals surface area contributed by atoms with E-state index in [1.165, 1.54) is 61.6 Å². The van der Waals surface area contributed by atoms with Crippen molar-refractivity contribution >= 4 is 29.0 Å². The predicted octanol–water partition coefficient (Wildman–Crippen LogP) is 6.52. The molecule has 1 saturated carbocycles. The van der Waals surface area contributed by atoms with Crippen molar-refractivity contribution < 1.29 is 9.13 Å². The number of rotatable bonds is 10. The van der Waals surface area contributed by atoms with E-state index in [2.05, 4.69) is 33.8 Å². The van der Waals surface area contributed by atoms with Crippen LogP contribution in [0, 0.1) is 11.7 Å². The highest BCUT2D eigenvalue weighted by Crippen LogP contribution is 2.29.